The molecule has 0 radical (unpaired) electrons. The minimum absolute atomic E-state index is 0.289. The number of aryl methyl sites for hydroxylation is 2. The van der Waals surface area contributed by atoms with Crippen LogP contribution in [0.3, 0.4) is 0 Å². The van der Waals surface area contributed by atoms with Gasteiger partial charge in [-0.2, -0.15) is 10.2 Å². The zero-order valence-electron chi connectivity index (χ0n) is 10.6. The molecule has 6 heteroatoms. The Balaban J connectivity index is 2.30. The molecule has 1 aromatic carbocycles. The minimum Gasteiger partial charge on any atom is -0.399 e. The molecule has 3 N–H and O–H groups in total. The first-order chi connectivity index (χ1) is 8.97. The predicted molar refractivity (Wildman–Crippen MR) is 75.3 cm³/mol. The molecule has 19 heavy (non-hydrogen) atoms. The molecule has 0 saturated carbocycles. The molecule has 5 nitrogen and oxygen atoms in total. The van der Waals surface area contributed by atoms with Crippen LogP contribution in [0.4, 0.5) is 11.4 Å². The van der Waals surface area contributed by atoms with Gasteiger partial charge in [0, 0.05) is 5.69 Å². The summed E-state index contributed by atoms with van der Waals surface area (Å²) in [6, 6.07) is 6.59. The fourth-order valence-corrected chi connectivity index (χ4v) is 1.77. The summed E-state index contributed by atoms with van der Waals surface area (Å²) in [5.74, 6) is -0.289. The SMILES string of the molecule is Cc1cc(C(=O)Nc2cc(N)ccc2Cl)c(C)nn1. The third-order valence-electron chi connectivity index (χ3n) is 2.58. The van der Waals surface area contributed by atoms with Crippen LogP contribution in [0.2, 0.25) is 5.02 Å². The van der Waals surface area contributed by atoms with Crippen LogP contribution in [0.25, 0.3) is 0 Å². The van der Waals surface area contributed by atoms with Crippen LogP contribution >= 0.6 is 11.6 Å². The zero-order valence-corrected chi connectivity index (χ0v) is 11.3. The summed E-state index contributed by atoms with van der Waals surface area (Å²) in [6.07, 6.45) is 0. The van der Waals surface area contributed by atoms with E-state index in [4.69, 9.17) is 17.3 Å². The van der Waals surface area contributed by atoms with Crippen molar-refractivity contribution in [2.45, 2.75) is 13.8 Å². The molecule has 2 rings (SSSR count). The van der Waals surface area contributed by atoms with Crippen molar-refractivity contribution in [3.63, 3.8) is 0 Å². The van der Waals surface area contributed by atoms with E-state index in [1.165, 1.54) is 0 Å². The van der Waals surface area contributed by atoms with Crippen molar-refractivity contribution < 1.29 is 4.79 Å². The van der Waals surface area contributed by atoms with E-state index in [-0.39, 0.29) is 5.91 Å². The molecule has 98 valence electrons. The van der Waals surface area contributed by atoms with Gasteiger partial charge in [-0.15, -0.1) is 0 Å². The van der Waals surface area contributed by atoms with Gasteiger partial charge in [-0.3, -0.25) is 4.79 Å². The van der Waals surface area contributed by atoms with E-state index < -0.39 is 0 Å². The first kappa shape index (κ1) is 13.3. The molecular weight excluding hydrogens is 264 g/mol. The summed E-state index contributed by atoms with van der Waals surface area (Å²) >= 11 is 6.00. The third-order valence-corrected chi connectivity index (χ3v) is 2.91. The summed E-state index contributed by atoms with van der Waals surface area (Å²) in [5, 5.41) is 10.9. The molecule has 0 atom stereocenters. The molecule has 0 aliphatic carbocycles. The number of rotatable bonds is 2. The van der Waals surface area contributed by atoms with Crippen molar-refractivity contribution in [2.24, 2.45) is 0 Å². The number of aromatic nitrogens is 2. The van der Waals surface area contributed by atoms with Gasteiger partial charge < -0.3 is 11.1 Å². The number of carbonyl (C=O) groups is 1. The van der Waals surface area contributed by atoms with Gasteiger partial charge in [-0.1, -0.05) is 11.6 Å². The Kier molecular flexibility index (Phi) is 3.66. The number of nitrogens with one attached hydrogen (secondary N) is 1. The van der Waals surface area contributed by atoms with Gasteiger partial charge in [-0.05, 0) is 38.1 Å². The Morgan fingerprint density at radius 2 is 2.00 bits per heavy atom. The molecule has 0 aliphatic rings. The topological polar surface area (TPSA) is 80.9 Å². The van der Waals surface area contributed by atoms with Gasteiger partial charge in [0.2, 0.25) is 0 Å². The minimum atomic E-state index is -0.289. The van der Waals surface area contributed by atoms with Gasteiger partial charge in [0.15, 0.2) is 0 Å². The number of carbonyl (C=O) groups excluding carboxylic acids is 1. The second-order valence-electron chi connectivity index (χ2n) is 4.18. The highest BCUT2D eigenvalue weighted by Crippen LogP contribution is 2.24. The number of benzene rings is 1. The molecule has 0 bridgehead atoms. The Labute approximate surface area is 115 Å². The fraction of sp³-hybridized carbons (Fsp3) is 0.154. The van der Waals surface area contributed by atoms with Crippen LogP contribution < -0.4 is 11.1 Å². The lowest BCUT2D eigenvalue weighted by atomic mass is 10.2. The molecule has 1 aromatic heterocycles. The maximum Gasteiger partial charge on any atom is 0.257 e. The number of amides is 1. The highest BCUT2D eigenvalue weighted by Gasteiger charge is 2.13. The van der Waals surface area contributed by atoms with Gasteiger partial charge in [0.1, 0.15) is 0 Å². The Bertz CT molecular complexity index is 643. The average molecular weight is 277 g/mol. The van der Waals surface area contributed by atoms with Crippen LogP contribution in [0, 0.1) is 13.8 Å². The van der Waals surface area contributed by atoms with Crippen molar-refractivity contribution in [1.82, 2.24) is 10.2 Å². The number of nitrogens with two attached hydrogens (primary N) is 1. The standard InChI is InChI=1S/C13H13ClN4O/c1-7-5-10(8(2)18-17-7)13(19)16-12-6-9(15)3-4-11(12)14/h3-6H,15H2,1-2H3,(H,16,19). The number of nitrogen functional groups attached to an aromatic ring is 1. The van der Waals surface area contributed by atoms with Gasteiger partial charge in [0.25, 0.3) is 5.91 Å². The largest absolute Gasteiger partial charge is 0.399 e. The Morgan fingerprint density at radius 1 is 1.26 bits per heavy atom. The lowest BCUT2D eigenvalue weighted by Gasteiger charge is -2.09. The number of hydrogen-bond acceptors (Lipinski definition) is 4. The van der Waals surface area contributed by atoms with Crippen molar-refractivity contribution in [2.75, 3.05) is 11.1 Å². The summed E-state index contributed by atoms with van der Waals surface area (Å²) in [5.41, 5.74) is 8.36. The highest BCUT2D eigenvalue weighted by atomic mass is 35.5. The Morgan fingerprint density at radius 3 is 2.74 bits per heavy atom. The molecule has 1 amide bonds. The van der Waals surface area contributed by atoms with Crippen molar-refractivity contribution in [3.8, 4) is 0 Å². The van der Waals surface area contributed by atoms with Crippen LogP contribution in [0.15, 0.2) is 24.3 Å². The average Bonchev–Trinajstić information content (AvgIpc) is 2.36. The van der Waals surface area contributed by atoms with Crippen LogP contribution in [-0.4, -0.2) is 16.1 Å². The molecule has 2 aromatic rings. The number of anilines is 2. The van der Waals surface area contributed by atoms with Crippen molar-refractivity contribution >= 4 is 28.9 Å². The van der Waals surface area contributed by atoms with Gasteiger partial charge in [-0.25, -0.2) is 0 Å². The van der Waals surface area contributed by atoms with E-state index in [0.717, 1.165) is 0 Å². The van der Waals surface area contributed by atoms with Crippen molar-refractivity contribution in [3.05, 3.63) is 46.2 Å². The quantitative estimate of drug-likeness (QED) is 0.826. The lowest BCUT2D eigenvalue weighted by molar-refractivity contribution is 0.102. The van der Waals surface area contributed by atoms with E-state index >= 15 is 0 Å². The maximum absolute atomic E-state index is 12.2. The van der Waals surface area contributed by atoms with Crippen LogP contribution in [0.5, 0.6) is 0 Å². The smallest absolute Gasteiger partial charge is 0.257 e. The summed E-state index contributed by atoms with van der Waals surface area (Å²) in [7, 11) is 0. The zero-order chi connectivity index (χ0) is 14.0. The highest BCUT2D eigenvalue weighted by molar-refractivity contribution is 6.34. The predicted octanol–water partition coefficient (Wildman–Crippen LogP) is 2.58. The molecule has 1 heterocycles. The van der Waals surface area contributed by atoms with E-state index in [9.17, 15) is 4.79 Å². The summed E-state index contributed by atoms with van der Waals surface area (Å²) in [6.45, 7) is 3.50. The summed E-state index contributed by atoms with van der Waals surface area (Å²) in [4.78, 5) is 12.2. The van der Waals surface area contributed by atoms with Crippen molar-refractivity contribution in [1.29, 1.82) is 0 Å². The number of hydrogen-bond donors (Lipinski definition) is 2. The Hall–Kier alpha value is -2.14. The molecule has 0 saturated heterocycles. The number of nitrogens with zero attached hydrogens (tertiary/aromatic N) is 2. The van der Waals surface area contributed by atoms with Gasteiger partial charge in [0.05, 0.1) is 27.7 Å². The third kappa shape index (κ3) is 3.00. The van der Waals surface area contributed by atoms with E-state index in [1.807, 2.05) is 0 Å². The second-order valence-corrected chi connectivity index (χ2v) is 4.59. The van der Waals surface area contributed by atoms with E-state index in [0.29, 0.717) is 33.3 Å². The van der Waals surface area contributed by atoms with Gasteiger partial charge >= 0.3 is 0 Å². The molecule has 0 spiro atoms. The molecule has 0 aliphatic heterocycles. The molecular formula is C13H13ClN4O. The maximum atomic E-state index is 12.2. The van der Waals surface area contributed by atoms with Crippen LogP contribution in [-0.2, 0) is 0 Å². The monoisotopic (exact) mass is 276 g/mol. The molecule has 0 unspecified atom stereocenters. The van der Waals surface area contributed by atoms with Crippen LogP contribution in [0.1, 0.15) is 21.7 Å². The number of halogens is 1. The molecule has 0 fully saturated rings. The van der Waals surface area contributed by atoms with E-state index in [2.05, 4.69) is 15.5 Å². The first-order valence-electron chi connectivity index (χ1n) is 5.64. The second kappa shape index (κ2) is 5.24. The first-order valence-corrected chi connectivity index (χ1v) is 6.02. The van der Waals surface area contributed by atoms with E-state index in [1.54, 1.807) is 38.1 Å². The lowest BCUT2D eigenvalue weighted by Crippen LogP contribution is -2.15. The normalized spacial score (nSPS) is 10.3. The fourth-order valence-electron chi connectivity index (χ4n) is 1.61. The summed E-state index contributed by atoms with van der Waals surface area (Å²) < 4.78 is 0.